The maximum atomic E-state index is 11.0. The van der Waals surface area contributed by atoms with Crippen LogP contribution >= 0.6 is 0 Å². The average Bonchev–Trinajstić information content (AvgIpc) is 3.26. The number of hydrogen-bond donors (Lipinski definition) is 3. The van der Waals surface area contributed by atoms with Crippen molar-refractivity contribution in [3.8, 4) is 0 Å². The molecule has 0 bridgehead atoms. The van der Waals surface area contributed by atoms with Gasteiger partial charge >= 0.3 is 0 Å². The lowest BCUT2D eigenvalue weighted by atomic mass is 10.1. The van der Waals surface area contributed by atoms with Gasteiger partial charge in [0.05, 0.1) is 0 Å². The highest BCUT2D eigenvalue weighted by Gasteiger charge is 2.26. The number of aromatic nitrogens is 1. The van der Waals surface area contributed by atoms with E-state index >= 15 is 0 Å². The quantitative estimate of drug-likeness (QED) is 0.424. The van der Waals surface area contributed by atoms with Gasteiger partial charge in [0.1, 0.15) is 5.82 Å². The molecule has 24 heavy (non-hydrogen) atoms. The summed E-state index contributed by atoms with van der Waals surface area (Å²) < 4.78 is 0. The Hall–Kier alpha value is -1.92. The fraction of sp³-hybridized carbons (Fsp3) is 0.556. The predicted molar refractivity (Wildman–Crippen MR) is 93.6 cm³/mol. The van der Waals surface area contributed by atoms with Crippen LogP contribution in [0.3, 0.4) is 0 Å². The first-order chi connectivity index (χ1) is 11.7. The molecule has 1 saturated heterocycles. The van der Waals surface area contributed by atoms with Crippen LogP contribution in [0.4, 0.5) is 5.82 Å². The highest BCUT2D eigenvalue weighted by atomic mass is 16.5. The van der Waals surface area contributed by atoms with Crippen LogP contribution in [0, 0.1) is 5.92 Å². The fourth-order valence-corrected chi connectivity index (χ4v) is 3.68. The van der Waals surface area contributed by atoms with E-state index < -0.39 is 5.91 Å². The molecule has 1 atom stereocenters. The van der Waals surface area contributed by atoms with Gasteiger partial charge in [-0.25, -0.2) is 10.5 Å². The van der Waals surface area contributed by atoms with Gasteiger partial charge in [-0.05, 0) is 49.0 Å². The number of hydrogen-bond acceptors (Lipinski definition) is 5. The zero-order chi connectivity index (χ0) is 16.8. The number of carbonyl (C=O) groups excluding carboxylic acids is 1. The van der Waals surface area contributed by atoms with E-state index in [1.165, 1.54) is 44.8 Å². The molecule has 2 fully saturated rings. The van der Waals surface area contributed by atoms with Gasteiger partial charge in [0, 0.05) is 37.9 Å². The number of hydroxylamine groups is 1. The highest BCUT2D eigenvalue weighted by Crippen LogP contribution is 2.27. The largest absolute Gasteiger partial charge is 0.366 e. The molecule has 3 rings (SSSR count). The van der Waals surface area contributed by atoms with E-state index in [9.17, 15) is 4.79 Å². The maximum Gasteiger partial charge on any atom is 0.267 e. The zero-order valence-corrected chi connectivity index (χ0v) is 13.9. The van der Waals surface area contributed by atoms with Crippen LogP contribution in [0.2, 0.25) is 0 Å². The average molecular weight is 330 g/mol. The lowest BCUT2D eigenvalue weighted by Crippen LogP contribution is -2.29. The Morgan fingerprint density at radius 2 is 2.17 bits per heavy atom. The van der Waals surface area contributed by atoms with Crippen LogP contribution in [0.25, 0.3) is 6.08 Å². The Morgan fingerprint density at radius 1 is 1.33 bits per heavy atom. The third-order valence-electron chi connectivity index (χ3n) is 4.94. The molecule has 6 nitrogen and oxygen atoms in total. The summed E-state index contributed by atoms with van der Waals surface area (Å²) in [5, 5.41) is 11.9. The number of nitrogens with one attached hydrogen (secondary N) is 2. The molecule has 0 radical (unpaired) electrons. The molecule has 1 aliphatic carbocycles. The van der Waals surface area contributed by atoms with Gasteiger partial charge < -0.3 is 10.2 Å². The number of amides is 1. The van der Waals surface area contributed by atoms with Gasteiger partial charge in [-0.15, -0.1) is 0 Å². The number of rotatable bonds is 6. The Morgan fingerprint density at radius 3 is 2.88 bits per heavy atom. The highest BCUT2D eigenvalue weighted by molar-refractivity contribution is 5.90. The van der Waals surface area contributed by atoms with Crippen molar-refractivity contribution in [3.05, 3.63) is 30.0 Å². The second-order valence-electron chi connectivity index (χ2n) is 6.83. The lowest BCUT2D eigenvalue weighted by Gasteiger charge is -2.20. The summed E-state index contributed by atoms with van der Waals surface area (Å²) in [6.45, 7) is 3.52. The second-order valence-corrected chi connectivity index (χ2v) is 6.83. The SMILES string of the molecule is O=C(/C=C/c1ccc(N[C@@H]2CCN(CC3CCCC3)C2)nc1)NO. The first-order valence-corrected chi connectivity index (χ1v) is 8.80. The van der Waals surface area contributed by atoms with E-state index in [1.54, 1.807) is 17.8 Å². The Balaban J connectivity index is 1.46. The fourth-order valence-electron chi connectivity index (χ4n) is 3.68. The van der Waals surface area contributed by atoms with Crippen LogP contribution < -0.4 is 10.8 Å². The van der Waals surface area contributed by atoms with E-state index in [1.807, 2.05) is 12.1 Å². The predicted octanol–water partition coefficient (Wildman–Crippen LogP) is 2.28. The van der Waals surface area contributed by atoms with Gasteiger partial charge in [0.2, 0.25) is 0 Å². The molecule has 1 saturated carbocycles. The summed E-state index contributed by atoms with van der Waals surface area (Å²) in [6.07, 6.45) is 11.4. The van der Waals surface area contributed by atoms with E-state index in [0.29, 0.717) is 6.04 Å². The van der Waals surface area contributed by atoms with Crippen LogP contribution in [0.1, 0.15) is 37.7 Å². The van der Waals surface area contributed by atoms with Gasteiger partial charge in [-0.2, -0.15) is 0 Å². The molecule has 3 N–H and O–H groups in total. The zero-order valence-electron chi connectivity index (χ0n) is 13.9. The summed E-state index contributed by atoms with van der Waals surface area (Å²) in [5.74, 6) is 1.22. The van der Waals surface area contributed by atoms with E-state index in [2.05, 4.69) is 15.2 Å². The van der Waals surface area contributed by atoms with Crippen LogP contribution in [-0.4, -0.2) is 46.7 Å². The van der Waals surface area contributed by atoms with E-state index in [0.717, 1.165) is 30.3 Å². The minimum absolute atomic E-state index is 0.459. The van der Waals surface area contributed by atoms with Crippen molar-refractivity contribution in [2.45, 2.75) is 38.1 Å². The number of likely N-dealkylation sites (tertiary alicyclic amines) is 1. The standard InChI is InChI=1S/C18H26N4O2/c23-18(21-24)8-6-14-5-7-17(19-11-14)20-16-9-10-22(13-16)12-15-3-1-2-4-15/h5-8,11,15-16,24H,1-4,9-10,12-13H2,(H,19,20)(H,21,23)/b8-6+/t16-/m1/s1. The first kappa shape index (κ1) is 16.9. The monoisotopic (exact) mass is 330 g/mol. The smallest absolute Gasteiger partial charge is 0.267 e. The summed E-state index contributed by atoms with van der Waals surface area (Å²) in [4.78, 5) is 17.9. The molecule has 0 aromatic carbocycles. The van der Waals surface area contributed by atoms with Crippen molar-refractivity contribution in [3.63, 3.8) is 0 Å². The number of anilines is 1. The van der Waals surface area contributed by atoms with E-state index in [4.69, 9.17) is 5.21 Å². The van der Waals surface area contributed by atoms with Crippen molar-refractivity contribution in [2.75, 3.05) is 25.0 Å². The summed E-state index contributed by atoms with van der Waals surface area (Å²) in [5.41, 5.74) is 2.38. The van der Waals surface area contributed by atoms with Crippen LogP contribution in [0.15, 0.2) is 24.4 Å². The first-order valence-electron chi connectivity index (χ1n) is 8.80. The Bertz CT molecular complexity index is 567. The summed E-state index contributed by atoms with van der Waals surface area (Å²) in [6, 6.07) is 4.29. The van der Waals surface area contributed by atoms with Crippen LogP contribution in [0.5, 0.6) is 0 Å². The molecule has 1 amide bonds. The maximum absolute atomic E-state index is 11.0. The van der Waals surface area contributed by atoms with Crippen molar-refractivity contribution in [1.29, 1.82) is 0 Å². The molecule has 1 aliphatic heterocycles. The lowest BCUT2D eigenvalue weighted by molar-refractivity contribution is -0.124. The van der Waals surface area contributed by atoms with Gasteiger partial charge in [0.15, 0.2) is 0 Å². The molecule has 0 unspecified atom stereocenters. The summed E-state index contributed by atoms with van der Waals surface area (Å²) in [7, 11) is 0. The molecule has 2 aliphatic rings. The molecular weight excluding hydrogens is 304 g/mol. The molecule has 2 heterocycles. The Kier molecular flexibility index (Phi) is 5.82. The molecule has 1 aromatic heterocycles. The summed E-state index contributed by atoms with van der Waals surface area (Å²) >= 11 is 0. The topological polar surface area (TPSA) is 77.5 Å². The number of nitrogens with zero attached hydrogens (tertiary/aromatic N) is 2. The van der Waals surface area contributed by atoms with Crippen molar-refractivity contribution in [1.82, 2.24) is 15.4 Å². The van der Waals surface area contributed by atoms with Gasteiger partial charge in [-0.1, -0.05) is 12.8 Å². The van der Waals surface area contributed by atoms with Crippen molar-refractivity contribution in [2.24, 2.45) is 5.92 Å². The third-order valence-corrected chi connectivity index (χ3v) is 4.94. The van der Waals surface area contributed by atoms with Gasteiger partial charge in [0.25, 0.3) is 5.91 Å². The molecular formula is C18H26N4O2. The Labute approximate surface area is 142 Å². The van der Waals surface area contributed by atoms with E-state index in [-0.39, 0.29) is 0 Å². The second kappa shape index (κ2) is 8.26. The molecule has 0 spiro atoms. The minimum atomic E-state index is -0.550. The van der Waals surface area contributed by atoms with Gasteiger partial charge in [-0.3, -0.25) is 10.0 Å². The molecule has 1 aromatic rings. The third kappa shape index (κ3) is 4.79. The van der Waals surface area contributed by atoms with Crippen LogP contribution in [-0.2, 0) is 4.79 Å². The number of carbonyl (C=O) groups is 1. The number of pyridine rings is 1. The normalized spacial score (nSPS) is 22.3. The molecule has 130 valence electrons. The van der Waals surface area contributed by atoms with Crippen molar-refractivity contribution < 1.29 is 10.0 Å². The van der Waals surface area contributed by atoms with Crippen molar-refractivity contribution >= 4 is 17.8 Å². The molecule has 6 heteroatoms. The minimum Gasteiger partial charge on any atom is -0.366 e.